The van der Waals surface area contributed by atoms with E-state index in [0.717, 1.165) is 37.3 Å². The van der Waals surface area contributed by atoms with Crippen molar-refractivity contribution in [2.24, 2.45) is 0 Å². The summed E-state index contributed by atoms with van der Waals surface area (Å²) in [6.45, 7) is 2.96. The molecule has 0 radical (unpaired) electrons. The van der Waals surface area contributed by atoms with E-state index in [4.69, 9.17) is 10.2 Å². The molecule has 0 aromatic rings. The lowest BCUT2D eigenvalue weighted by Gasteiger charge is -2.09. The smallest absolute Gasteiger partial charge is 0.328 e. The van der Waals surface area contributed by atoms with E-state index < -0.39 is 11.9 Å². The van der Waals surface area contributed by atoms with Gasteiger partial charge in [0.1, 0.15) is 0 Å². The van der Waals surface area contributed by atoms with Gasteiger partial charge in [-0.1, -0.05) is 18.7 Å². The van der Waals surface area contributed by atoms with Crippen molar-refractivity contribution in [1.82, 2.24) is 0 Å². The Bertz CT molecular complexity index is 455. The van der Waals surface area contributed by atoms with Crippen LogP contribution in [-0.2, 0) is 9.59 Å². The zero-order chi connectivity index (χ0) is 15.0. The molecule has 108 valence electrons. The van der Waals surface area contributed by atoms with Crippen LogP contribution in [0.2, 0.25) is 0 Å². The van der Waals surface area contributed by atoms with Gasteiger partial charge >= 0.3 is 11.9 Å². The van der Waals surface area contributed by atoms with Crippen LogP contribution in [0.1, 0.15) is 38.5 Å². The van der Waals surface area contributed by atoms with Gasteiger partial charge in [-0.15, -0.1) is 0 Å². The fourth-order valence-corrected chi connectivity index (χ4v) is 2.35. The molecule has 2 rings (SSSR count). The highest BCUT2D eigenvalue weighted by atomic mass is 16.4. The molecule has 2 aliphatic carbocycles. The van der Waals surface area contributed by atoms with Crippen molar-refractivity contribution in [3.05, 3.63) is 47.6 Å². The van der Waals surface area contributed by atoms with Crippen LogP contribution in [0.5, 0.6) is 0 Å². The molecule has 0 spiro atoms. The van der Waals surface area contributed by atoms with Gasteiger partial charge in [0.05, 0.1) is 0 Å². The molecule has 0 atom stereocenters. The summed E-state index contributed by atoms with van der Waals surface area (Å²) in [5.74, 6) is -1.81. The van der Waals surface area contributed by atoms with E-state index >= 15 is 0 Å². The monoisotopic (exact) mass is 276 g/mol. The maximum atomic E-state index is 10.8. The number of carbonyl (C=O) groups is 2. The van der Waals surface area contributed by atoms with Crippen LogP contribution in [0, 0.1) is 0 Å². The first-order chi connectivity index (χ1) is 9.54. The van der Waals surface area contributed by atoms with Gasteiger partial charge in [-0.3, -0.25) is 0 Å². The highest BCUT2D eigenvalue weighted by Crippen LogP contribution is 2.34. The molecule has 20 heavy (non-hydrogen) atoms. The second-order valence-electron chi connectivity index (χ2n) is 4.68. The lowest BCUT2D eigenvalue weighted by molar-refractivity contribution is -0.132. The van der Waals surface area contributed by atoms with Gasteiger partial charge < -0.3 is 10.2 Å². The van der Waals surface area contributed by atoms with Crippen molar-refractivity contribution in [3.63, 3.8) is 0 Å². The predicted molar refractivity (Wildman–Crippen MR) is 77.4 cm³/mol. The molecule has 2 aliphatic rings. The first-order valence-corrected chi connectivity index (χ1v) is 6.73. The maximum Gasteiger partial charge on any atom is 0.328 e. The van der Waals surface area contributed by atoms with Gasteiger partial charge in [0.15, 0.2) is 0 Å². The Morgan fingerprint density at radius 3 is 1.70 bits per heavy atom. The standard InChI is InChI=1S/C13H16O2.C3H4O2/c14-13(15)9-12(10-5-1-2-6-10)11-7-3-4-8-11;1-2-3(4)5/h5,7,9H,1-4,6,8H2,(H,14,15);2H,1H2,(H,4,5). The van der Waals surface area contributed by atoms with Crippen LogP contribution in [-0.4, -0.2) is 22.2 Å². The van der Waals surface area contributed by atoms with E-state index in [2.05, 4.69) is 18.7 Å². The van der Waals surface area contributed by atoms with Gasteiger partial charge in [-0.2, -0.15) is 0 Å². The molecule has 0 heterocycles. The normalized spacial score (nSPS) is 16.4. The minimum Gasteiger partial charge on any atom is -0.478 e. The summed E-state index contributed by atoms with van der Waals surface area (Å²) < 4.78 is 0. The van der Waals surface area contributed by atoms with Gasteiger partial charge in [-0.25, -0.2) is 9.59 Å². The Balaban J connectivity index is 0.000000347. The molecule has 2 N–H and O–H groups in total. The zero-order valence-electron chi connectivity index (χ0n) is 11.5. The summed E-state index contributed by atoms with van der Waals surface area (Å²) in [5, 5.41) is 16.5. The highest BCUT2D eigenvalue weighted by Gasteiger charge is 2.17. The third-order valence-electron chi connectivity index (χ3n) is 3.22. The van der Waals surface area contributed by atoms with Crippen molar-refractivity contribution >= 4 is 11.9 Å². The van der Waals surface area contributed by atoms with Crippen LogP contribution in [0.3, 0.4) is 0 Å². The topological polar surface area (TPSA) is 74.6 Å². The molecular formula is C16H20O4. The molecule has 0 fully saturated rings. The van der Waals surface area contributed by atoms with E-state index in [9.17, 15) is 9.59 Å². The van der Waals surface area contributed by atoms with Crippen LogP contribution in [0.15, 0.2) is 47.6 Å². The van der Waals surface area contributed by atoms with Crippen molar-refractivity contribution < 1.29 is 19.8 Å². The molecule has 0 unspecified atom stereocenters. The Morgan fingerprint density at radius 1 is 1.00 bits per heavy atom. The zero-order valence-corrected chi connectivity index (χ0v) is 11.5. The van der Waals surface area contributed by atoms with Gasteiger partial charge in [-0.05, 0) is 55.2 Å². The van der Waals surface area contributed by atoms with E-state index in [1.807, 2.05) is 0 Å². The second-order valence-corrected chi connectivity index (χ2v) is 4.68. The number of carboxylic acid groups (broad SMARTS) is 2. The summed E-state index contributed by atoms with van der Waals surface area (Å²) in [6, 6.07) is 0. The number of allylic oxidation sites excluding steroid dienone is 5. The maximum absolute atomic E-state index is 10.8. The quantitative estimate of drug-likeness (QED) is 0.771. The predicted octanol–water partition coefficient (Wildman–Crippen LogP) is 3.48. The van der Waals surface area contributed by atoms with E-state index in [-0.39, 0.29) is 0 Å². The minimum atomic E-state index is -0.981. The molecule has 4 nitrogen and oxygen atoms in total. The Morgan fingerprint density at radius 2 is 1.45 bits per heavy atom. The van der Waals surface area contributed by atoms with Gasteiger partial charge in [0.25, 0.3) is 0 Å². The van der Waals surface area contributed by atoms with E-state index in [0.29, 0.717) is 0 Å². The molecule has 0 bridgehead atoms. The third-order valence-corrected chi connectivity index (χ3v) is 3.22. The van der Waals surface area contributed by atoms with Crippen LogP contribution < -0.4 is 0 Å². The molecular weight excluding hydrogens is 256 g/mol. The molecule has 0 aliphatic heterocycles. The van der Waals surface area contributed by atoms with Crippen LogP contribution in [0.4, 0.5) is 0 Å². The summed E-state index contributed by atoms with van der Waals surface area (Å²) in [7, 11) is 0. The van der Waals surface area contributed by atoms with Crippen LogP contribution >= 0.6 is 0 Å². The SMILES string of the molecule is C=CC(=O)O.O=C(O)C=C(C1=CCCC1)C1=CCCC1. The first kappa shape index (κ1) is 16.0. The number of aliphatic carboxylic acids is 2. The van der Waals surface area contributed by atoms with Crippen LogP contribution in [0.25, 0.3) is 0 Å². The second kappa shape index (κ2) is 8.15. The summed E-state index contributed by atoms with van der Waals surface area (Å²) >= 11 is 0. The highest BCUT2D eigenvalue weighted by molar-refractivity contribution is 5.83. The average molecular weight is 276 g/mol. The van der Waals surface area contributed by atoms with Crippen molar-refractivity contribution in [2.75, 3.05) is 0 Å². The fourth-order valence-electron chi connectivity index (χ4n) is 2.35. The number of carboxylic acids is 2. The first-order valence-electron chi connectivity index (χ1n) is 6.73. The van der Waals surface area contributed by atoms with Gasteiger partial charge in [0, 0.05) is 12.2 Å². The fraction of sp³-hybridized carbons (Fsp3) is 0.375. The molecule has 0 aromatic carbocycles. The largest absolute Gasteiger partial charge is 0.478 e. The molecule has 0 saturated heterocycles. The number of rotatable bonds is 4. The lowest BCUT2D eigenvalue weighted by atomic mass is 9.96. The van der Waals surface area contributed by atoms with Gasteiger partial charge in [0.2, 0.25) is 0 Å². The number of hydrogen-bond donors (Lipinski definition) is 2. The van der Waals surface area contributed by atoms with Crippen molar-refractivity contribution in [2.45, 2.75) is 38.5 Å². The summed E-state index contributed by atoms with van der Waals surface area (Å²) in [6.07, 6.45) is 13.2. The number of hydrogen-bond acceptors (Lipinski definition) is 2. The minimum absolute atomic E-state index is 0.828. The summed E-state index contributed by atoms with van der Waals surface area (Å²) in [4.78, 5) is 20.0. The Labute approximate surface area is 118 Å². The molecule has 4 heteroatoms. The Kier molecular flexibility index (Phi) is 6.50. The molecule has 0 aromatic heterocycles. The molecule has 0 saturated carbocycles. The third kappa shape index (κ3) is 5.26. The van der Waals surface area contributed by atoms with E-state index in [1.165, 1.54) is 30.1 Å². The lowest BCUT2D eigenvalue weighted by Crippen LogP contribution is -1.97. The molecule has 0 amide bonds. The van der Waals surface area contributed by atoms with E-state index in [1.54, 1.807) is 0 Å². The Hall–Kier alpha value is -2.10. The van der Waals surface area contributed by atoms with Crippen molar-refractivity contribution in [3.8, 4) is 0 Å². The average Bonchev–Trinajstić information content (AvgIpc) is 3.09. The summed E-state index contributed by atoms with van der Waals surface area (Å²) in [5.41, 5.74) is 3.47. The van der Waals surface area contributed by atoms with Crippen molar-refractivity contribution in [1.29, 1.82) is 0 Å².